The van der Waals surface area contributed by atoms with Crippen LogP contribution < -0.4 is 10.1 Å². The number of hydrogen-bond donors (Lipinski definition) is 1. The van der Waals surface area contributed by atoms with E-state index in [1.54, 1.807) is 12.1 Å². The van der Waals surface area contributed by atoms with E-state index in [-0.39, 0.29) is 11.9 Å². The van der Waals surface area contributed by atoms with Gasteiger partial charge in [-0.3, -0.25) is 9.59 Å². The van der Waals surface area contributed by atoms with Gasteiger partial charge in [0.05, 0.1) is 19.8 Å². The van der Waals surface area contributed by atoms with Crippen molar-refractivity contribution in [2.75, 3.05) is 44.7 Å². The highest BCUT2D eigenvalue weighted by molar-refractivity contribution is 5.93. The summed E-state index contributed by atoms with van der Waals surface area (Å²) < 4.78 is 11.2. The van der Waals surface area contributed by atoms with Crippen molar-refractivity contribution in [1.29, 1.82) is 0 Å². The van der Waals surface area contributed by atoms with Crippen LogP contribution in [0.2, 0.25) is 0 Å². The molecule has 0 unspecified atom stereocenters. The van der Waals surface area contributed by atoms with Gasteiger partial charge in [0.25, 0.3) is 5.91 Å². The molecule has 1 aromatic carbocycles. The van der Waals surface area contributed by atoms with Crippen molar-refractivity contribution in [1.82, 2.24) is 0 Å². The molecule has 0 atom stereocenters. The van der Waals surface area contributed by atoms with Crippen LogP contribution in [0.3, 0.4) is 0 Å². The fraction of sp³-hybridized carbons (Fsp3) is 0.474. The summed E-state index contributed by atoms with van der Waals surface area (Å²) >= 11 is 0. The molecule has 0 spiro atoms. The van der Waals surface area contributed by atoms with E-state index in [0.29, 0.717) is 30.0 Å². The summed E-state index contributed by atoms with van der Waals surface area (Å²) in [5.41, 5.74) is 2.50. The fourth-order valence-electron chi connectivity index (χ4n) is 3.24. The molecule has 1 saturated heterocycles. The van der Waals surface area contributed by atoms with Gasteiger partial charge in [-0.1, -0.05) is 6.58 Å². The van der Waals surface area contributed by atoms with Gasteiger partial charge in [-0.25, -0.2) is 0 Å². The SMILES string of the molecule is C=CC[N+]1(CC(=O)Nc2c(C)cc(OC(C)=O)cc2C)CCOCC1. The summed E-state index contributed by atoms with van der Waals surface area (Å²) in [7, 11) is 0. The number of amides is 1. The molecule has 1 aliphatic rings. The Labute approximate surface area is 149 Å². The number of nitrogens with zero attached hydrogens (tertiary/aromatic N) is 1. The van der Waals surface area contributed by atoms with Gasteiger partial charge in [0, 0.05) is 12.6 Å². The van der Waals surface area contributed by atoms with Gasteiger partial charge < -0.3 is 19.3 Å². The Morgan fingerprint density at radius 2 is 1.88 bits per heavy atom. The van der Waals surface area contributed by atoms with Crippen molar-refractivity contribution in [2.24, 2.45) is 0 Å². The highest BCUT2D eigenvalue weighted by atomic mass is 16.5. The van der Waals surface area contributed by atoms with Crippen molar-refractivity contribution < 1.29 is 23.5 Å². The molecule has 0 saturated carbocycles. The molecule has 2 rings (SSSR count). The first-order valence-corrected chi connectivity index (χ1v) is 8.48. The molecule has 25 heavy (non-hydrogen) atoms. The van der Waals surface area contributed by atoms with Gasteiger partial charge in [-0.15, -0.1) is 0 Å². The molecule has 6 heteroatoms. The van der Waals surface area contributed by atoms with E-state index in [2.05, 4.69) is 11.9 Å². The third-order valence-corrected chi connectivity index (χ3v) is 4.45. The molecular weight excluding hydrogens is 320 g/mol. The van der Waals surface area contributed by atoms with Gasteiger partial charge in [0.1, 0.15) is 18.8 Å². The standard InChI is InChI=1S/C19H26N2O4/c1-5-6-21(7-9-24-10-8-21)13-18(23)20-19-14(2)11-17(12-15(19)3)25-16(4)22/h5,11-12H,1,6-10,13H2,2-4H3/p+1. The van der Waals surface area contributed by atoms with E-state index in [4.69, 9.17) is 9.47 Å². The summed E-state index contributed by atoms with van der Waals surface area (Å²) in [6, 6.07) is 3.51. The van der Waals surface area contributed by atoms with E-state index in [1.807, 2.05) is 19.9 Å². The summed E-state index contributed by atoms with van der Waals surface area (Å²) in [4.78, 5) is 23.7. The van der Waals surface area contributed by atoms with E-state index < -0.39 is 0 Å². The Morgan fingerprint density at radius 1 is 1.28 bits per heavy atom. The smallest absolute Gasteiger partial charge is 0.308 e. The number of benzene rings is 1. The van der Waals surface area contributed by atoms with Gasteiger partial charge in [0.2, 0.25) is 0 Å². The number of rotatable bonds is 6. The van der Waals surface area contributed by atoms with Crippen LogP contribution in [0, 0.1) is 13.8 Å². The molecule has 0 bridgehead atoms. The summed E-state index contributed by atoms with van der Waals surface area (Å²) in [5, 5.41) is 3.02. The first-order valence-electron chi connectivity index (χ1n) is 8.48. The Morgan fingerprint density at radius 3 is 2.40 bits per heavy atom. The molecule has 0 aromatic heterocycles. The lowest BCUT2D eigenvalue weighted by Crippen LogP contribution is -2.58. The van der Waals surface area contributed by atoms with Crippen molar-refractivity contribution in [3.63, 3.8) is 0 Å². The Kier molecular flexibility index (Phi) is 6.33. The molecule has 6 nitrogen and oxygen atoms in total. The molecule has 1 aromatic rings. The van der Waals surface area contributed by atoms with Crippen LogP contribution in [0.5, 0.6) is 5.75 Å². The van der Waals surface area contributed by atoms with Crippen molar-refractivity contribution >= 4 is 17.6 Å². The van der Waals surface area contributed by atoms with E-state index >= 15 is 0 Å². The van der Waals surface area contributed by atoms with Gasteiger partial charge in [-0.05, 0) is 43.2 Å². The third kappa shape index (κ3) is 5.14. The largest absolute Gasteiger partial charge is 0.427 e. The number of carbonyl (C=O) groups is 2. The molecule has 136 valence electrons. The van der Waals surface area contributed by atoms with Crippen LogP contribution in [-0.2, 0) is 14.3 Å². The lowest BCUT2D eigenvalue weighted by molar-refractivity contribution is -0.922. The maximum absolute atomic E-state index is 12.6. The van der Waals surface area contributed by atoms with Crippen LogP contribution in [0.15, 0.2) is 24.8 Å². The molecule has 0 aliphatic carbocycles. The highest BCUT2D eigenvalue weighted by Gasteiger charge is 2.32. The molecule has 1 aliphatic heterocycles. The minimum Gasteiger partial charge on any atom is -0.427 e. The molecular formula is C19H27N2O4+. The van der Waals surface area contributed by atoms with E-state index in [9.17, 15) is 9.59 Å². The second-order valence-electron chi connectivity index (χ2n) is 6.60. The van der Waals surface area contributed by atoms with Crippen LogP contribution in [0.1, 0.15) is 18.1 Å². The average Bonchev–Trinajstić information content (AvgIpc) is 2.51. The summed E-state index contributed by atoms with van der Waals surface area (Å²) in [6.45, 7) is 13.0. The minimum atomic E-state index is -0.362. The predicted octanol–water partition coefficient (Wildman–Crippen LogP) is 2.20. The van der Waals surface area contributed by atoms with E-state index in [1.165, 1.54) is 6.92 Å². The van der Waals surface area contributed by atoms with Gasteiger partial charge in [-0.2, -0.15) is 0 Å². The number of nitrogens with one attached hydrogen (secondary N) is 1. The number of morpholine rings is 1. The second-order valence-corrected chi connectivity index (χ2v) is 6.60. The Balaban J connectivity index is 2.11. The highest BCUT2D eigenvalue weighted by Crippen LogP contribution is 2.26. The lowest BCUT2D eigenvalue weighted by atomic mass is 10.1. The quantitative estimate of drug-likeness (QED) is 0.371. The zero-order chi connectivity index (χ0) is 18.4. The number of quaternary nitrogens is 1. The molecule has 1 fully saturated rings. The molecule has 1 N–H and O–H groups in total. The summed E-state index contributed by atoms with van der Waals surface area (Å²) in [6.07, 6.45) is 1.86. The maximum Gasteiger partial charge on any atom is 0.308 e. The van der Waals surface area contributed by atoms with Crippen LogP contribution in [0.4, 0.5) is 5.69 Å². The first kappa shape index (κ1) is 19.1. The Bertz CT molecular complexity index is 640. The normalized spacial score (nSPS) is 16.1. The minimum absolute atomic E-state index is 0.0322. The molecule has 0 radical (unpaired) electrons. The first-order chi connectivity index (χ1) is 11.8. The van der Waals surface area contributed by atoms with Gasteiger partial charge >= 0.3 is 5.97 Å². The van der Waals surface area contributed by atoms with Crippen molar-refractivity contribution in [2.45, 2.75) is 20.8 Å². The zero-order valence-corrected chi connectivity index (χ0v) is 15.3. The monoisotopic (exact) mass is 347 g/mol. The Hall–Kier alpha value is -2.18. The number of carbonyl (C=O) groups excluding carboxylic acids is 2. The van der Waals surface area contributed by atoms with Gasteiger partial charge in [0.15, 0.2) is 6.54 Å². The third-order valence-electron chi connectivity index (χ3n) is 4.45. The van der Waals surface area contributed by atoms with Crippen LogP contribution in [-0.4, -0.2) is 55.8 Å². The second kappa shape index (κ2) is 8.27. The number of esters is 1. The van der Waals surface area contributed by atoms with Crippen LogP contribution >= 0.6 is 0 Å². The maximum atomic E-state index is 12.6. The van der Waals surface area contributed by atoms with Crippen molar-refractivity contribution in [3.05, 3.63) is 35.9 Å². The van der Waals surface area contributed by atoms with Crippen LogP contribution in [0.25, 0.3) is 0 Å². The van der Waals surface area contributed by atoms with E-state index in [0.717, 1.165) is 36.4 Å². The number of aryl methyl sites for hydroxylation is 2. The number of anilines is 1. The number of ether oxygens (including phenoxy) is 2. The average molecular weight is 347 g/mol. The molecule has 1 heterocycles. The predicted molar refractivity (Wildman–Crippen MR) is 96.6 cm³/mol. The topological polar surface area (TPSA) is 64.6 Å². The molecule has 1 amide bonds. The van der Waals surface area contributed by atoms with Crippen molar-refractivity contribution in [3.8, 4) is 5.75 Å². The fourth-order valence-corrected chi connectivity index (χ4v) is 3.24. The number of hydrogen-bond acceptors (Lipinski definition) is 4. The lowest BCUT2D eigenvalue weighted by Gasteiger charge is -2.39. The zero-order valence-electron chi connectivity index (χ0n) is 15.3. The summed E-state index contributed by atoms with van der Waals surface area (Å²) in [5.74, 6) is 0.0952.